The molecule has 152 valence electrons. The molecule has 1 unspecified atom stereocenters. The molecule has 29 heavy (non-hydrogen) atoms. The van der Waals surface area contributed by atoms with E-state index in [-0.39, 0.29) is 0 Å². The first kappa shape index (κ1) is 21.1. The second-order valence-electron chi connectivity index (χ2n) is 7.60. The van der Waals surface area contributed by atoms with Gasteiger partial charge in [0.2, 0.25) is 0 Å². The summed E-state index contributed by atoms with van der Waals surface area (Å²) in [5.41, 5.74) is 5.34. The largest absolute Gasteiger partial charge is 0.492 e. The van der Waals surface area contributed by atoms with Crippen molar-refractivity contribution in [3.05, 3.63) is 101 Å². The Balaban J connectivity index is 1.74. The Hall–Kier alpha value is -2.58. The fourth-order valence-corrected chi connectivity index (χ4v) is 3.71. The average Bonchev–Trinajstić information content (AvgIpc) is 2.77. The number of rotatable bonds is 10. The van der Waals surface area contributed by atoms with Crippen LogP contribution in [0.1, 0.15) is 42.0 Å². The van der Waals surface area contributed by atoms with Crippen LogP contribution in [0.25, 0.3) is 0 Å². The number of benzene rings is 3. The molecule has 0 bridgehead atoms. The van der Waals surface area contributed by atoms with E-state index in [1.165, 1.54) is 22.3 Å². The SMILES string of the molecule is CCN(CC)CCOc1ccc(C(Cc2ccccc2)c2ccc(C)cc2)cc1. The van der Waals surface area contributed by atoms with Crippen molar-refractivity contribution >= 4 is 0 Å². The van der Waals surface area contributed by atoms with E-state index in [0.717, 1.165) is 38.4 Å². The van der Waals surface area contributed by atoms with Crippen LogP contribution < -0.4 is 4.74 Å². The lowest BCUT2D eigenvalue weighted by Gasteiger charge is -2.20. The molecule has 0 spiro atoms. The summed E-state index contributed by atoms with van der Waals surface area (Å²) in [6, 6.07) is 28.4. The van der Waals surface area contributed by atoms with Gasteiger partial charge < -0.3 is 9.64 Å². The summed E-state index contributed by atoms with van der Waals surface area (Å²) in [4.78, 5) is 2.38. The third-order valence-corrected chi connectivity index (χ3v) is 5.62. The summed E-state index contributed by atoms with van der Waals surface area (Å²) in [5.74, 6) is 1.28. The molecule has 0 aliphatic heterocycles. The van der Waals surface area contributed by atoms with Gasteiger partial charge in [-0.05, 0) is 55.3 Å². The molecule has 0 aromatic heterocycles. The van der Waals surface area contributed by atoms with Gasteiger partial charge in [-0.15, -0.1) is 0 Å². The van der Waals surface area contributed by atoms with E-state index in [2.05, 4.69) is 105 Å². The maximum absolute atomic E-state index is 5.97. The van der Waals surface area contributed by atoms with Crippen LogP contribution in [0, 0.1) is 6.92 Å². The highest BCUT2D eigenvalue weighted by Crippen LogP contribution is 2.30. The maximum Gasteiger partial charge on any atom is 0.119 e. The Morgan fingerprint density at radius 2 is 1.34 bits per heavy atom. The number of likely N-dealkylation sites (N-methyl/N-ethyl adjacent to an activating group) is 1. The summed E-state index contributed by atoms with van der Waals surface area (Å²) >= 11 is 0. The van der Waals surface area contributed by atoms with Gasteiger partial charge in [0, 0.05) is 12.5 Å². The summed E-state index contributed by atoms with van der Waals surface area (Å²) in [5, 5.41) is 0. The van der Waals surface area contributed by atoms with E-state index in [4.69, 9.17) is 4.74 Å². The Morgan fingerprint density at radius 3 is 1.93 bits per heavy atom. The minimum atomic E-state index is 0.336. The van der Waals surface area contributed by atoms with Crippen LogP contribution in [0.3, 0.4) is 0 Å². The molecule has 3 aromatic carbocycles. The third-order valence-electron chi connectivity index (χ3n) is 5.62. The smallest absolute Gasteiger partial charge is 0.119 e. The van der Waals surface area contributed by atoms with Crippen LogP contribution in [0.2, 0.25) is 0 Å². The monoisotopic (exact) mass is 387 g/mol. The number of ether oxygens (including phenoxy) is 1. The van der Waals surface area contributed by atoms with Gasteiger partial charge >= 0.3 is 0 Å². The summed E-state index contributed by atoms with van der Waals surface area (Å²) < 4.78 is 5.97. The summed E-state index contributed by atoms with van der Waals surface area (Å²) in [7, 11) is 0. The molecule has 1 atom stereocenters. The standard InChI is InChI=1S/C27H33NO/c1-4-28(5-2)19-20-29-26-17-15-25(16-18-26)27(21-23-9-7-6-8-10-23)24-13-11-22(3)12-14-24/h6-18,27H,4-5,19-21H2,1-3H3. The Labute approximate surface area is 176 Å². The first-order chi connectivity index (χ1) is 14.2. The first-order valence-electron chi connectivity index (χ1n) is 10.7. The zero-order chi connectivity index (χ0) is 20.5. The predicted octanol–water partition coefficient (Wildman–Crippen LogP) is 6.09. The number of nitrogens with zero attached hydrogens (tertiary/aromatic N) is 1. The average molecular weight is 388 g/mol. The molecule has 2 heteroatoms. The first-order valence-corrected chi connectivity index (χ1v) is 10.7. The zero-order valence-corrected chi connectivity index (χ0v) is 18.0. The highest BCUT2D eigenvalue weighted by molar-refractivity contribution is 5.38. The lowest BCUT2D eigenvalue weighted by Crippen LogP contribution is -2.27. The second-order valence-corrected chi connectivity index (χ2v) is 7.60. The summed E-state index contributed by atoms with van der Waals surface area (Å²) in [6.07, 6.45) is 0.992. The zero-order valence-electron chi connectivity index (χ0n) is 18.0. The highest BCUT2D eigenvalue weighted by Gasteiger charge is 2.15. The maximum atomic E-state index is 5.97. The molecule has 0 saturated carbocycles. The molecular formula is C27H33NO. The van der Waals surface area contributed by atoms with E-state index < -0.39 is 0 Å². The van der Waals surface area contributed by atoms with Crippen molar-refractivity contribution in [3.8, 4) is 5.75 Å². The third kappa shape index (κ3) is 6.20. The van der Waals surface area contributed by atoms with Crippen LogP contribution in [0.15, 0.2) is 78.9 Å². The molecule has 3 aromatic rings. The van der Waals surface area contributed by atoms with E-state index >= 15 is 0 Å². The van der Waals surface area contributed by atoms with Gasteiger partial charge in [0.15, 0.2) is 0 Å². The van der Waals surface area contributed by atoms with Gasteiger partial charge in [0.25, 0.3) is 0 Å². The normalized spacial score (nSPS) is 12.1. The van der Waals surface area contributed by atoms with E-state index in [1.54, 1.807) is 0 Å². The van der Waals surface area contributed by atoms with Gasteiger partial charge in [-0.2, -0.15) is 0 Å². The minimum Gasteiger partial charge on any atom is -0.492 e. The second kappa shape index (κ2) is 10.8. The lowest BCUT2D eigenvalue weighted by atomic mass is 9.85. The quantitative estimate of drug-likeness (QED) is 0.417. The molecule has 0 heterocycles. The van der Waals surface area contributed by atoms with Crippen molar-refractivity contribution in [1.29, 1.82) is 0 Å². The van der Waals surface area contributed by atoms with Crippen molar-refractivity contribution in [3.63, 3.8) is 0 Å². The van der Waals surface area contributed by atoms with Gasteiger partial charge in [0.05, 0.1) is 0 Å². The fourth-order valence-electron chi connectivity index (χ4n) is 3.71. The molecule has 0 aliphatic carbocycles. The van der Waals surface area contributed by atoms with Gasteiger partial charge in [0.1, 0.15) is 12.4 Å². The highest BCUT2D eigenvalue weighted by atomic mass is 16.5. The predicted molar refractivity (Wildman–Crippen MR) is 123 cm³/mol. The van der Waals surface area contributed by atoms with E-state index in [0.29, 0.717) is 5.92 Å². The molecule has 3 rings (SSSR count). The van der Waals surface area contributed by atoms with Gasteiger partial charge in [-0.1, -0.05) is 86.1 Å². The van der Waals surface area contributed by atoms with E-state index in [1.807, 2.05) is 0 Å². The van der Waals surface area contributed by atoms with Crippen LogP contribution in [0.4, 0.5) is 0 Å². The Kier molecular flexibility index (Phi) is 7.89. The van der Waals surface area contributed by atoms with Crippen molar-refractivity contribution < 1.29 is 4.74 Å². The minimum absolute atomic E-state index is 0.336. The number of aryl methyl sites for hydroxylation is 1. The van der Waals surface area contributed by atoms with Gasteiger partial charge in [-0.25, -0.2) is 0 Å². The van der Waals surface area contributed by atoms with Crippen LogP contribution in [0.5, 0.6) is 5.75 Å². The van der Waals surface area contributed by atoms with Crippen molar-refractivity contribution in [2.75, 3.05) is 26.2 Å². The molecule has 0 aliphatic rings. The molecule has 2 nitrogen and oxygen atoms in total. The molecular weight excluding hydrogens is 354 g/mol. The lowest BCUT2D eigenvalue weighted by molar-refractivity contribution is 0.223. The van der Waals surface area contributed by atoms with Crippen LogP contribution in [-0.2, 0) is 6.42 Å². The Bertz CT molecular complexity index is 836. The number of hydrogen-bond donors (Lipinski definition) is 0. The molecule has 0 saturated heterocycles. The topological polar surface area (TPSA) is 12.5 Å². The molecule has 0 radical (unpaired) electrons. The van der Waals surface area contributed by atoms with Gasteiger partial charge in [-0.3, -0.25) is 0 Å². The molecule has 0 amide bonds. The van der Waals surface area contributed by atoms with E-state index in [9.17, 15) is 0 Å². The number of hydrogen-bond acceptors (Lipinski definition) is 2. The van der Waals surface area contributed by atoms with Crippen LogP contribution >= 0.6 is 0 Å². The fraction of sp³-hybridized carbons (Fsp3) is 0.333. The van der Waals surface area contributed by atoms with Crippen molar-refractivity contribution in [2.24, 2.45) is 0 Å². The summed E-state index contributed by atoms with van der Waals surface area (Å²) in [6.45, 7) is 10.3. The Morgan fingerprint density at radius 1 is 0.759 bits per heavy atom. The van der Waals surface area contributed by atoms with Crippen molar-refractivity contribution in [1.82, 2.24) is 4.90 Å². The van der Waals surface area contributed by atoms with Crippen molar-refractivity contribution in [2.45, 2.75) is 33.1 Å². The van der Waals surface area contributed by atoms with Crippen LogP contribution in [-0.4, -0.2) is 31.1 Å². The molecule has 0 fully saturated rings. The molecule has 0 N–H and O–H groups in total.